The van der Waals surface area contributed by atoms with Crippen molar-refractivity contribution in [2.75, 3.05) is 6.54 Å². The van der Waals surface area contributed by atoms with Crippen molar-refractivity contribution < 1.29 is 13.9 Å². The summed E-state index contributed by atoms with van der Waals surface area (Å²) in [6, 6.07) is 11.3. The van der Waals surface area contributed by atoms with Crippen molar-refractivity contribution in [3.8, 4) is 5.75 Å². The van der Waals surface area contributed by atoms with Gasteiger partial charge in [0, 0.05) is 19.3 Å². The first-order chi connectivity index (χ1) is 13.1. The maximum Gasteiger partial charge on any atom is 0.286 e. The van der Waals surface area contributed by atoms with Gasteiger partial charge >= 0.3 is 0 Å². The minimum atomic E-state index is -0.243. The predicted octanol–water partition coefficient (Wildman–Crippen LogP) is 4.09. The molecule has 3 rings (SSSR count). The van der Waals surface area contributed by atoms with E-state index >= 15 is 0 Å². The topological polar surface area (TPSA) is 69.3 Å². The van der Waals surface area contributed by atoms with E-state index in [2.05, 4.69) is 17.3 Å². The quantitative estimate of drug-likeness (QED) is 0.561. The number of carbonyl (C=O) groups is 1. The molecule has 3 aromatic rings. The number of aromatic nitrogens is 2. The Bertz CT molecular complexity index is 871. The zero-order valence-electron chi connectivity index (χ0n) is 15.2. The van der Waals surface area contributed by atoms with E-state index in [4.69, 9.17) is 20.8 Å². The van der Waals surface area contributed by atoms with Crippen molar-refractivity contribution in [1.29, 1.82) is 0 Å². The number of hydrogen-bond donors (Lipinski definition) is 1. The van der Waals surface area contributed by atoms with Crippen LogP contribution in [0.1, 0.15) is 35.2 Å². The summed E-state index contributed by atoms with van der Waals surface area (Å²) in [5, 5.41) is 7.52. The fraction of sp³-hybridized carbons (Fsp3) is 0.300. The number of furan rings is 1. The third kappa shape index (κ3) is 5.62. The molecule has 7 heteroatoms. The van der Waals surface area contributed by atoms with Gasteiger partial charge in [0.05, 0.1) is 11.2 Å². The van der Waals surface area contributed by atoms with Gasteiger partial charge in [0.25, 0.3) is 5.91 Å². The highest BCUT2D eigenvalue weighted by atomic mass is 35.5. The minimum Gasteiger partial charge on any atom is -0.486 e. The average Bonchev–Trinajstić information content (AvgIpc) is 3.33. The Morgan fingerprint density at radius 3 is 2.78 bits per heavy atom. The number of nitrogens with zero attached hydrogens (tertiary/aromatic N) is 2. The van der Waals surface area contributed by atoms with Crippen molar-refractivity contribution in [3.63, 3.8) is 0 Å². The highest BCUT2D eigenvalue weighted by Crippen LogP contribution is 2.16. The number of carbonyl (C=O) groups excluding carboxylic acids is 1. The van der Waals surface area contributed by atoms with E-state index in [1.54, 1.807) is 29.2 Å². The SMILES string of the molecule is CCc1ccc(OCc2ccc(C(=O)NCCCn3cc(Cl)cn3)o2)cc1. The molecule has 0 fully saturated rings. The van der Waals surface area contributed by atoms with Crippen molar-refractivity contribution in [3.05, 3.63) is 70.9 Å². The fourth-order valence-corrected chi connectivity index (χ4v) is 2.70. The lowest BCUT2D eigenvalue weighted by Crippen LogP contribution is -2.24. The number of aryl methyl sites for hydroxylation is 2. The molecule has 1 N–H and O–H groups in total. The Labute approximate surface area is 163 Å². The molecule has 27 heavy (non-hydrogen) atoms. The molecule has 0 atom stereocenters. The molecule has 0 aliphatic carbocycles. The number of halogens is 1. The zero-order chi connectivity index (χ0) is 19.1. The second kappa shape index (κ2) is 9.28. The van der Waals surface area contributed by atoms with Crippen LogP contribution in [0.2, 0.25) is 5.02 Å². The predicted molar refractivity (Wildman–Crippen MR) is 103 cm³/mol. The van der Waals surface area contributed by atoms with E-state index in [0.29, 0.717) is 23.9 Å². The largest absolute Gasteiger partial charge is 0.486 e. The molecule has 0 radical (unpaired) electrons. The summed E-state index contributed by atoms with van der Waals surface area (Å²) in [7, 11) is 0. The molecule has 2 aromatic heterocycles. The number of nitrogens with one attached hydrogen (secondary N) is 1. The smallest absolute Gasteiger partial charge is 0.286 e. The molecule has 0 saturated heterocycles. The number of ether oxygens (including phenoxy) is 1. The van der Waals surface area contributed by atoms with Crippen molar-refractivity contribution in [2.45, 2.75) is 32.9 Å². The standard InChI is InChI=1S/C20H22ClN3O3/c1-2-15-4-6-17(7-5-15)26-14-18-8-9-19(27-18)20(25)22-10-3-11-24-13-16(21)12-23-24/h4-9,12-13H,2-3,10-11,14H2,1H3,(H,22,25). The monoisotopic (exact) mass is 387 g/mol. The molecule has 0 aliphatic rings. The number of rotatable bonds is 9. The first-order valence-corrected chi connectivity index (χ1v) is 9.28. The van der Waals surface area contributed by atoms with Gasteiger partial charge in [-0.3, -0.25) is 9.48 Å². The van der Waals surface area contributed by atoms with E-state index in [-0.39, 0.29) is 18.3 Å². The van der Waals surface area contributed by atoms with Crippen molar-refractivity contribution in [2.24, 2.45) is 0 Å². The van der Waals surface area contributed by atoms with Crippen LogP contribution in [-0.2, 0) is 19.6 Å². The van der Waals surface area contributed by atoms with Crippen LogP contribution in [0.15, 0.2) is 53.2 Å². The maximum atomic E-state index is 12.1. The summed E-state index contributed by atoms with van der Waals surface area (Å²) in [5.74, 6) is 1.41. The van der Waals surface area contributed by atoms with Gasteiger partial charge in [-0.05, 0) is 42.7 Å². The zero-order valence-corrected chi connectivity index (χ0v) is 15.9. The van der Waals surface area contributed by atoms with Gasteiger partial charge in [0.1, 0.15) is 18.1 Å². The number of benzene rings is 1. The molecule has 142 valence electrons. The van der Waals surface area contributed by atoms with Gasteiger partial charge in [0.15, 0.2) is 5.76 Å². The van der Waals surface area contributed by atoms with Crippen LogP contribution in [0.25, 0.3) is 0 Å². The fourth-order valence-electron chi connectivity index (χ4n) is 2.54. The number of hydrogen-bond acceptors (Lipinski definition) is 4. The van der Waals surface area contributed by atoms with E-state index in [1.807, 2.05) is 24.3 Å². The van der Waals surface area contributed by atoms with Crippen molar-refractivity contribution in [1.82, 2.24) is 15.1 Å². The molecule has 1 aromatic carbocycles. The Morgan fingerprint density at radius 1 is 1.26 bits per heavy atom. The molecular formula is C20H22ClN3O3. The summed E-state index contributed by atoms with van der Waals surface area (Å²) in [5.41, 5.74) is 1.26. The lowest BCUT2D eigenvalue weighted by molar-refractivity contribution is 0.0921. The minimum absolute atomic E-state index is 0.243. The third-order valence-electron chi connectivity index (χ3n) is 4.05. The van der Waals surface area contributed by atoms with Gasteiger partial charge in [0.2, 0.25) is 0 Å². The molecule has 0 spiro atoms. The third-order valence-corrected chi connectivity index (χ3v) is 4.24. The summed E-state index contributed by atoms with van der Waals surface area (Å²) < 4.78 is 13.0. The van der Waals surface area contributed by atoms with Crippen LogP contribution >= 0.6 is 11.6 Å². The Morgan fingerprint density at radius 2 is 2.07 bits per heavy atom. The number of amides is 1. The van der Waals surface area contributed by atoms with Gasteiger partial charge < -0.3 is 14.5 Å². The van der Waals surface area contributed by atoms with Crippen molar-refractivity contribution >= 4 is 17.5 Å². The van der Waals surface area contributed by atoms with Crippen LogP contribution < -0.4 is 10.1 Å². The van der Waals surface area contributed by atoms with E-state index in [0.717, 1.165) is 18.6 Å². The molecule has 0 unspecified atom stereocenters. The molecule has 6 nitrogen and oxygen atoms in total. The normalized spacial score (nSPS) is 10.7. The van der Waals surface area contributed by atoms with Crippen LogP contribution in [0.3, 0.4) is 0 Å². The van der Waals surface area contributed by atoms with E-state index in [9.17, 15) is 4.79 Å². The summed E-state index contributed by atoms with van der Waals surface area (Å²) in [4.78, 5) is 12.1. The highest BCUT2D eigenvalue weighted by Gasteiger charge is 2.11. The lowest BCUT2D eigenvalue weighted by Gasteiger charge is -2.05. The molecular weight excluding hydrogens is 366 g/mol. The van der Waals surface area contributed by atoms with Gasteiger partial charge in [-0.1, -0.05) is 30.7 Å². The van der Waals surface area contributed by atoms with Gasteiger partial charge in [-0.2, -0.15) is 5.10 Å². The second-order valence-electron chi connectivity index (χ2n) is 6.08. The first-order valence-electron chi connectivity index (χ1n) is 8.90. The maximum absolute atomic E-state index is 12.1. The van der Waals surface area contributed by atoms with Gasteiger partial charge in [-0.25, -0.2) is 0 Å². The van der Waals surface area contributed by atoms with Crippen LogP contribution in [0.5, 0.6) is 5.75 Å². The average molecular weight is 388 g/mol. The first kappa shape index (κ1) is 19.0. The molecule has 2 heterocycles. The van der Waals surface area contributed by atoms with Crippen LogP contribution in [0.4, 0.5) is 0 Å². The lowest BCUT2D eigenvalue weighted by atomic mass is 10.2. The summed E-state index contributed by atoms with van der Waals surface area (Å²) >= 11 is 5.81. The van der Waals surface area contributed by atoms with Gasteiger partial charge in [-0.15, -0.1) is 0 Å². The highest BCUT2D eigenvalue weighted by molar-refractivity contribution is 6.30. The Kier molecular flexibility index (Phi) is 6.54. The molecule has 1 amide bonds. The van der Waals surface area contributed by atoms with E-state index in [1.165, 1.54) is 5.56 Å². The molecule has 0 aliphatic heterocycles. The Balaban J connectivity index is 1.41. The molecule has 0 saturated carbocycles. The summed E-state index contributed by atoms with van der Waals surface area (Å²) in [6.07, 6.45) is 5.07. The Hall–Kier alpha value is -2.73. The van der Waals surface area contributed by atoms with E-state index < -0.39 is 0 Å². The second-order valence-corrected chi connectivity index (χ2v) is 6.52. The van der Waals surface area contributed by atoms with Crippen LogP contribution in [0, 0.1) is 0 Å². The van der Waals surface area contributed by atoms with Crippen LogP contribution in [-0.4, -0.2) is 22.2 Å². The summed E-state index contributed by atoms with van der Waals surface area (Å²) in [6.45, 7) is 3.59. The molecule has 0 bridgehead atoms.